The molecule has 0 spiro atoms. The van der Waals surface area contributed by atoms with E-state index in [-0.39, 0.29) is 28.0 Å². The number of carboxylic acid groups (broad SMARTS) is 1. The van der Waals surface area contributed by atoms with E-state index in [2.05, 4.69) is 10.6 Å². The van der Waals surface area contributed by atoms with Crippen molar-refractivity contribution >= 4 is 40.8 Å². The lowest BCUT2D eigenvalue weighted by molar-refractivity contribution is -0.116. The monoisotopic (exact) mass is 388 g/mol. The molecule has 142 valence electrons. The van der Waals surface area contributed by atoms with Gasteiger partial charge in [-0.05, 0) is 48.7 Å². The molecular formula is C20H21ClN2O4. The average Bonchev–Trinajstić information content (AvgIpc) is 2.57. The molecule has 2 aromatic carbocycles. The second kappa shape index (κ2) is 8.68. The third-order valence-electron chi connectivity index (χ3n) is 3.81. The maximum atomic E-state index is 12.6. The van der Waals surface area contributed by atoms with Crippen molar-refractivity contribution in [3.05, 3.63) is 58.1 Å². The van der Waals surface area contributed by atoms with Gasteiger partial charge in [0.25, 0.3) is 5.91 Å². The van der Waals surface area contributed by atoms with Gasteiger partial charge in [0.05, 0.1) is 16.1 Å². The minimum atomic E-state index is -1.07. The first-order chi connectivity index (χ1) is 12.7. The minimum absolute atomic E-state index is 0.105. The lowest BCUT2D eigenvalue weighted by Crippen LogP contribution is -2.16. The van der Waals surface area contributed by atoms with E-state index in [1.807, 2.05) is 13.8 Å². The Morgan fingerprint density at radius 3 is 2.22 bits per heavy atom. The lowest BCUT2D eigenvalue weighted by atomic mass is 10.1. The number of hydrogen-bond acceptors (Lipinski definition) is 3. The highest BCUT2D eigenvalue weighted by molar-refractivity contribution is 6.34. The highest BCUT2D eigenvalue weighted by Crippen LogP contribution is 2.23. The van der Waals surface area contributed by atoms with Gasteiger partial charge < -0.3 is 15.7 Å². The Morgan fingerprint density at radius 1 is 1.00 bits per heavy atom. The van der Waals surface area contributed by atoms with Crippen LogP contribution in [0.3, 0.4) is 0 Å². The van der Waals surface area contributed by atoms with Gasteiger partial charge in [-0.15, -0.1) is 0 Å². The van der Waals surface area contributed by atoms with Gasteiger partial charge in [0.15, 0.2) is 0 Å². The van der Waals surface area contributed by atoms with Crippen molar-refractivity contribution in [2.24, 2.45) is 5.92 Å². The number of amides is 2. The van der Waals surface area contributed by atoms with Crippen molar-refractivity contribution in [3.63, 3.8) is 0 Å². The predicted octanol–water partition coefficient (Wildman–Crippen LogP) is 4.58. The molecule has 0 saturated carbocycles. The second-order valence-electron chi connectivity index (χ2n) is 6.63. The van der Waals surface area contributed by atoms with Crippen molar-refractivity contribution in [2.45, 2.75) is 27.2 Å². The number of carbonyl (C=O) groups is 3. The summed E-state index contributed by atoms with van der Waals surface area (Å²) >= 11 is 6.12. The predicted molar refractivity (Wildman–Crippen MR) is 106 cm³/mol. The van der Waals surface area contributed by atoms with E-state index in [1.54, 1.807) is 25.1 Å². The highest BCUT2D eigenvalue weighted by Gasteiger charge is 2.15. The summed E-state index contributed by atoms with van der Waals surface area (Å²) in [5.74, 6) is -1.51. The normalized spacial score (nSPS) is 10.6. The molecule has 0 unspecified atom stereocenters. The smallest absolute Gasteiger partial charge is 0.336 e. The van der Waals surface area contributed by atoms with Crippen LogP contribution in [0, 0.1) is 12.8 Å². The van der Waals surface area contributed by atoms with Gasteiger partial charge in [-0.3, -0.25) is 9.59 Å². The number of aromatic carboxylic acids is 1. The maximum absolute atomic E-state index is 12.6. The van der Waals surface area contributed by atoms with Gasteiger partial charge in [-0.25, -0.2) is 4.79 Å². The van der Waals surface area contributed by atoms with Gasteiger partial charge in [-0.2, -0.15) is 0 Å². The molecule has 0 atom stereocenters. The van der Waals surface area contributed by atoms with Gasteiger partial charge in [0, 0.05) is 17.8 Å². The number of carbonyl (C=O) groups excluding carboxylic acids is 2. The molecule has 0 aliphatic carbocycles. The molecule has 6 nitrogen and oxygen atoms in total. The van der Waals surface area contributed by atoms with Crippen LogP contribution in [-0.2, 0) is 4.79 Å². The molecule has 2 rings (SSSR count). The quantitative estimate of drug-likeness (QED) is 0.674. The van der Waals surface area contributed by atoms with Gasteiger partial charge in [-0.1, -0.05) is 31.5 Å². The fourth-order valence-electron chi connectivity index (χ4n) is 2.49. The summed E-state index contributed by atoms with van der Waals surface area (Å²) in [4.78, 5) is 35.7. The summed E-state index contributed by atoms with van der Waals surface area (Å²) in [7, 11) is 0. The fraction of sp³-hybridized carbons (Fsp3) is 0.250. The van der Waals surface area contributed by atoms with E-state index >= 15 is 0 Å². The summed E-state index contributed by atoms with van der Waals surface area (Å²) in [6.07, 6.45) is 0.367. The van der Waals surface area contributed by atoms with Crippen molar-refractivity contribution < 1.29 is 19.5 Å². The van der Waals surface area contributed by atoms with Crippen LogP contribution in [0.5, 0.6) is 0 Å². The zero-order valence-corrected chi connectivity index (χ0v) is 16.1. The number of benzene rings is 2. The van der Waals surface area contributed by atoms with Crippen LogP contribution in [0.2, 0.25) is 5.02 Å². The van der Waals surface area contributed by atoms with Crippen LogP contribution in [0.1, 0.15) is 46.5 Å². The topological polar surface area (TPSA) is 95.5 Å². The summed E-state index contributed by atoms with van der Waals surface area (Å²) in [5, 5.41) is 14.8. The standard InChI is InChI=1S/C20H21ClN2O4/c1-11(2)8-18(24)22-13-6-7-17(21)16(10-13)19(25)23-14-5-4-12(3)15(9-14)20(26)27/h4-7,9-11H,8H2,1-3H3,(H,22,24)(H,23,25)(H,26,27). The Balaban J connectivity index is 2.21. The number of nitrogens with one attached hydrogen (secondary N) is 2. The number of halogens is 1. The summed E-state index contributed by atoms with van der Waals surface area (Å²) in [5.41, 5.74) is 1.68. The van der Waals surface area contributed by atoms with Crippen LogP contribution in [0.25, 0.3) is 0 Å². The number of aryl methyl sites for hydroxylation is 1. The number of anilines is 2. The molecule has 0 bridgehead atoms. The van der Waals surface area contributed by atoms with E-state index in [4.69, 9.17) is 11.6 Å². The van der Waals surface area contributed by atoms with Crippen molar-refractivity contribution in [3.8, 4) is 0 Å². The van der Waals surface area contributed by atoms with Gasteiger partial charge in [0.2, 0.25) is 5.91 Å². The highest BCUT2D eigenvalue weighted by atomic mass is 35.5. The minimum Gasteiger partial charge on any atom is -0.478 e. The molecule has 0 aliphatic rings. The summed E-state index contributed by atoms with van der Waals surface area (Å²) in [6, 6.07) is 9.25. The Labute approximate surface area is 162 Å². The number of rotatable bonds is 6. The molecule has 0 heterocycles. The first-order valence-electron chi connectivity index (χ1n) is 8.42. The molecule has 0 fully saturated rings. The molecule has 2 amide bonds. The van der Waals surface area contributed by atoms with E-state index in [1.165, 1.54) is 18.2 Å². The van der Waals surface area contributed by atoms with Crippen LogP contribution in [-0.4, -0.2) is 22.9 Å². The summed E-state index contributed by atoms with van der Waals surface area (Å²) in [6.45, 7) is 5.55. The van der Waals surface area contributed by atoms with E-state index in [0.717, 1.165) is 0 Å². The number of hydrogen-bond donors (Lipinski definition) is 3. The third kappa shape index (κ3) is 5.56. The zero-order chi connectivity index (χ0) is 20.1. The molecule has 0 aromatic heterocycles. The van der Waals surface area contributed by atoms with E-state index in [0.29, 0.717) is 23.4 Å². The largest absolute Gasteiger partial charge is 0.478 e. The second-order valence-corrected chi connectivity index (χ2v) is 7.04. The Morgan fingerprint density at radius 2 is 1.59 bits per heavy atom. The molecule has 0 aliphatic heterocycles. The number of carboxylic acids is 1. The summed E-state index contributed by atoms with van der Waals surface area (Å²) < 4.78 is 0. The molecule has 2 aromatic rings. The van der Waals surface area contributed by atoms with E-state index in [9.17, 15) is 19.5 Å². The first kappa shape index (κ1) is 20.5. The zero-order valence-electron chi connectivity index (χ0n) is 15.3. The molecule has 27 heavy (non-hydrogen) atoms. The van der Waals surface area contributed by atoms with Crippen molar-refractivity contribution in [1.82, 2.24) is 0 Å². The molecule has 0 saturated heterocycles. The van der Waals surface area contributed by atoms with E-state index < -0.39 is 11.9 Å². The Kier molecular flexibility index (Phi) is 6.58. The van der Waals surface area contributed by atoms with Crippen molar-refractivity contribution in [1.29, 1.82) is 0 Å². The van der Waals surface area contributed by atoms with Crippen LogP contribution < -0.4 is 10.6 Å². The Bertz CT molecular complexity index is 894. The maximum Gasteiger partial charge on any atom is 0.336 e. The third-order valence-corrected chi connectivity index (χ3v) is 4.14. The van der Waals surface area contributed by atoms with Crippen LogP contribution in [0.15, 0.2) is 36.4 Å². The fourth-order valence-corrected chi connectivity index (χ4v) is 2.69. The van der Waals surface area contributed by atoms with Crippen LogP contribution >= 0.6 is 11.6 Å². The Hall–Kier alpha value is -2.86. The van der Waals surface area contributed by atoms with Gasteiger partial charge in [0.1, 0.15) is 0 Å². The average molecular weight is 389 g/mol. The molecule has 3 N–H and O–H groups in total. The van der Waals surface area contributed by atoms with Crippen LogP contribution in [0.4, 0.5) is 11.4 Å². The molecular weight excluding hydrogens is 368 g/mol. The lowest BCUT2D eigenvalue weighted by Gasteiger charge is -2.11. The molecule has 0 radical (unpaired) electrons. The first-order valence-corrected chi connectivity index (χ1v) is 8.80. The SMILES string of the molecule is Cc1ccc(NC(=O)c2cc(NC(=O)CC(C)C)ccc2Cl)cc1C(=O)O. The molecule has 7 heteroatoms. The van der Waals surface area contributed by atoms with Gasteiger partial charge >= 0.3 is 5.97 Å². The van der Waals surface area contributed by atoms with Crippen molar-refractivity contribution in [2.75, 3.05) is 10.6 Å².